The van der Waals surface area contributed by atoms with Gasteiger partial charge >= 0.3 is 0 Å². The average molecular weight is 268 g/mol. The van der Waals surface area contributed by atoms with Gasteiger partial charge in [-0.05, 0) is 25.7 Å². The molecule has 1 aromatic rings. The molecular weight excluding hydrogens is 244 g/mol. The van der Waals surface area contributed by atoms with Gasteiger partial charge in [-0.3, -0.25) is 0 Å². The first-order valence-electron chi connectivity index (χ1n) is 6.99. The van der Waals surface area contributed by atoms with Crippen molar-refractivity contribution >= 4 is 11.3 Å². The normalized spacial score (nSPS) is 16.2. The molecule has 1 fully saturated rings. The van der Waals surface area contributed by atoms with Crippen molar-refractivity contribution < 1.29 is 5.11 Å². The van der Waals surface area contributed by atoms with Gasteiger partial charge in [0.05, 0.1) is 5.01 Å². The molecule has 0 radical (unpaired) electrons. The summed E-state index contributed by atoms with van der Waals surface area (Å²) >= 11 is 1.84. The maximum atomic E-state index is 9.51. The van der Waals surface area contributed by atoms with E-state index >= 15 is 0 Å². The number of aliphatic hydroxyl groups excluding tert-OH is 1. The number of hydrogen-bond donors (Lipinski definition) is 2. The fraction of sp³-hybridized carbons (Fsp3) is 0.786. The number of aliphatic hydroxyl groups is 1. The van der Waals surface area contributed by atoms with Crippen LogP contribution in [0.3, 0.4) is 0 Å². The van der Waals surface area contributed by atoms with Crippen molar-refractivity contribution in [2.24, 2.45) is 5.41 Å². The van der Waals surface area contributed by atoms with Crippen LogP contribution < -0.4 is 5.32 Å². The van der Waals surface area contributed by atoms with Crippen molar-refractivity contribution in [1.29, 1.82) is 0 Å². The molecule has 0 bridgehead atoms. The Morgan fingerprint density at radius 2 is 2.17 bits per heavy atom. The van der Waals surface area contributed by atoms with Crippen molar-refractivity contribution in [3.8, 4) is 0 Å². The van der Waals surface area contributed by atoms with E-state index in [2.05, 4.69) is 24.1 Å². The molecule has 1 saturated carbocycles. The van der Waals surface area contributed by atoms with Gasteiger partial charge in [-0.1, -0.05) is 13.8 Å². The van der Waals surface area contributed by atoms with Gasteiger partial charge < -0.3 is 10.4 Å². The third kappa shape index (κ3) is 3.31. The number of nitrogens with zero attached hydrogens (tertiary/aromatic N) is 1. The first kappa shape index (κ1) is 14.0. The summed E-state index contributed by atoms with van der Waals surface area (Å²) in [6.07, 6.45) is 6.68. The maximum absolute atomic E-state index is 9.51. The van der Waals surface area contributed by atoms with Crippen LogP contribution in [-0.4, -0.2) is 23.2 Å². The highest BCUT2D eigenvalue weighted by atomic mass is 32.1. The van der Waals surface area contributed by atoms with Crippen LogP contribution in [0.4, 0.5) is 0 Å². The molecule has 0 spiro atoms. The zero-order valence-electron chi connectivity index (χ0n) is 11.4. The molecule has 2 N–H and O–H groups in total. The average Bonchev–Trinajstić information content (AvgIpc) is 3.16. The summed E-state index contributed by atoms with van der Waals surface area (Å²) in [6, 6.07) is 0. The highest BCUT2D eigenvalue weighted by Gasteiger charge is 2.27. The third-order valence-corrected chi connectivity index (χ3v) is 5.29. The second-order valence-corrected chi connectivity index (χ2v) is 6.55. The van der Waals surface area contributed by atoms with Crippen LogP contribution in [0.1, 0.15) is 55.3 Å². The van der Waals surface area contributed by atoms with Crippen LogP contribution in [0, 0.1) is 5.41 Å². The lowest BCUT2D eigenvalue weighted by molar-refractivity contribution is 0.113. The topological polar surface area (TPSA) is 45.1 Å². The highest BCUT2D eigenvalue weighted by molar-refractivity contribution is 7.11. The zero-order chi connectivity index (χ0) is 13.0. The lowest BCUT2D eigenvalue weighted by Crippen LogP contribution is -2.36. The largest absolute Gasteiger partial charge is 0.396 e. The second kappa shape index (κ2) is 6.13. The van der Waals surface area contributed by atoms with Gasteiger partial charge in [0.2, 0.25) is 0 Å². The Hall–Kier alpha value is -0.450. The Bertz CT molecular complexity index is 361. The zero-order valence-corrected chi connectivity index (χ0v) is 12.2. The molecule has 0 amide bonds. The quantitative estimate of drug-likeness (QED) is 0.762. The van der Waals surface area contributed by atoms with E-state index in [-0.39, 0.29) is 12.0 Å². The molecule has 102 valence electrons. The van der Waals surface area contributed by atoms with Crippen LogP contribution in [0.25, 0.3) is 0 Å². The molecule has 1 aliphatic carbocycles. The molecule has 2 rings (SSSR count). The van der Waals surface area contributed by atoms with E-state index < -0.39 is 0 Å². The Labute approximate surface area is 114 Å². The van der Waals surface area contributed by atoms with Gasteiger partial charge in [0, 0.05) is 42.1 Å². The minimum Gasteiger partial charge on any atom is -0.396 e. The number of thiazole rings is 1. The van der Waals surface area contributed by atoms with E-state index in [9.17, 15) is 5.11 Å². The first-order valence-corrected chi connectivity index (χ1v) is 7.81. The van der Waals surface area contributed by atoms with Gasteiger partial charge in [-0.2, -0.15) is 0 Å². The lowest BCUT2D eigenvalue weighted by Gasteiger charge is -2.29. The molecule has 0 aromatic carbocycles. The summed E-state index contributed by atoms with van der Waals surface area (Å²) in [5.74, 6) is 0.756. The van der Waals surface area contributed by atoms with Crippen molar-refractivity contribution in [2.75, 3.05) is 13.2 Å². The highest BCUT2D eigenvalue weighted by Crippen LogP contribution is 2.41. The van der Waals surface area contributed by atoms with Crippen LogP contribution in [-0.2, 0) is 6.54 Å². The predicted octanol–water partition coefficient (Wildman–Crippen LogP) is 2.91. The van der Waals surface area contributed by atoms with Crippen molar-refractivity contribution in [3.05, 3.63) is 16.1 Å². The smallest absolute Gasteiger partial charge is 0.0959 e. The van der Waals surface area contributed by atoms with E-state index in [1.807, 2.05) is 17.5 Å². The molecule has 0 saturated heterocycles. The van der Waals surface area contributed by atoms with Gasteiger partial charge in [-0.25, -0.2) is 4.98 Å². The summed E-state index contributed by atoms with van der Waals surface area (Å²) in [5.41, 5.74) is 0.0456. The molecule has 1 aliphatic rings. The standard InChI is InChI=1S/C14H24N2OS/c1-3-14(4-2,10-17)9-15-7-12-8-16-13(18-12)11-5-6-11/h8,11,15,17H,3-7,9-10H2,1-2H3. The molecule has 0 unspecified atom stereocenters. The number of hydrogen-bond acceptors (Lipinski definition) is 4. The monoisotopic (exact) mass is 268 g/mol. The number of nitrogens with one attached hydrogen (secondary N) is 1. The fourth-order valence-corrected chi connectivity index (χ4v) is 3.21. The number of aromatic nitrogens is 1. The predicted molar refractivity (Wildman–Crippen MR) is 75.9 cm³/mol. The molecule has 1 heterocycles. The van der Waals surface area contributed by atoms with Crippen LogP contribution in [0.5, 0.6) is 0 Å². The van der Waals surface area contributed by atoms with E-state index in [4.69, 9.17) is 0 Å². The molecule has 3 nitrogen and oxygen atoms in total. The van der Waals surface area contributed by atoms with E-state index in [0.717, 1.165) is 31.8 Å². The molecule has 4 heteroatoms. The summed E-state index contributed by atoms with van der Waals surface area (Å²) in [6.45, 7) is 6.33. The molecule has 0 atom stereocenters. The second-order valence-electron chi connectivity index (χ2n) is 5.41. The maximum Gasteiger partial charge on any atom is 0.0959 e. The Morgan fingerprint density at radius 3 is 2.72 bits per heavy atom. The Balaban J connectivity index is 1.79. The van der Waals surface area contributed by atoms with Crippen molar-refractivity contribution in [3.63, 3.8) is 0 Å². The minimum atomic E-state index is 0.0456. The summed E-state index contributed by atoms with van der Waals surface area (Å²) in [5, 5.41) is 14.3. The van der Waals surface area contributed by atoms with Crippen LogP contribution in [0.15, 0.2) is 6.20 Å². The Morgan fingerprint density at radius 1 is 1.44 bits per heavy atom. The molecule has 18 heavy (non-hydrogen) atoms. The SMILES string of the molecule is CCC(CC)(CO)CNCc1cnc(C2CC2)s1. The first-order chi connectivity index (χ1) is 8.73. The van der Waals surface area contributed by atoms with Crippen molar-refractivity contribution in [2.45, 2.75) is 52.0 Å². The van der Waals surface area contributed by atoms with E-state index in [1.165, 1.54) is 22.7 Å². The molecular formula is C14H24N2OS. The van der Waals surface area contributed by atoms with E-state index in [0.29, 0.717) is 0 Å². The van der Waals surface area contributed by atoms with Crippen LogP contribution in [0.2, 0.25) is 0 Å². The fourth-order valence-electron chi connectivity index (χ4n) is 2.15. The Kier molecular flexibility index (Phi) is 4.76. The van der Waals surface area contributed by atoms with Crippen molar-refractivity contribution in [1.82, 2.24) is 10.3 Å². The summed E-state index contributed by atoms with van der Waals surface area (Å²) in [4.78, 5) is 5.80. The summed E-state index contributed by atoms with van der Waals surface area (Å²) < 4.78 is 0. The summed E-state index contributed by atoms with van der Waals surface area (Å²) in [7, 11) is 0. The van der Waals surface area contributed by atoms with Crippen LogP contribution >= 0.6 is 11.3 Å². The van der Waals surface area contributed by atoms with Gasteiger partial charge in [-0.15, -0.1) is 11.3 Å². The lowest BCUT2D eigenvalue weighted by atomic mass is 9.83. The van der Waals surface area contributed by atoms with E-state index in [1.54, 1.807) is 0 Å². The van der Waals surface area contributed by atoms with Gasteiger partial charge in [0.25, 0.3) is 0 Å². The number of rotatable bonds is 8. The van der Waals surface area contributed by atoms with Gasteiger partial charge in [0.1, 0.15) is 0 Å². The van der Waals surface area contributed by atoms with Gasteiger partial charge in [0.15, 0.2) is 0 Å². The minimum absolute atomic E-state index is 0.0456. The molecule has 1 aromatic heterocycles. The molecule has 0 aliphatic heterocycles. The third-order valence-electron chi connectivity index (χ3n) is 4.13.